The van der Waals surface area contributed by atoms with Crippen molar-refractivity contribution in [1.29, 1.82) is 0 Å². The van der Waals surface area contributed by atoms with E-state index in [1.807, 2.05) is 49.9 Å². The Bertz CT molecular complexity index is 719. The molecule has 3 rings (SSSR count). The second kappa shape index (κ2) is 7.52. The van der Waals surface area contributed by atoms with E-state index in [4.69, 9.17) is 4.74 Å². The monoisotopic (exact) mass is 355 g/mol. The Hall–Kier alpha value is -1.94. The van der Waals surface area contributed by atoms with Gasteiger partial charge in [-0.3, -0.25) is 4.79 Å². The summed E-state index contributed by atoms with van der Waals surface area (Å²) < 4.78 is 5.83. The van der Waals surface area contributed by atoms with Crippen LogP contribution in [0, 0.1) is 12.3 Å². The topological polar surface area (TPSA) is 38.3 Å². The van der Waals surface area contributed by atoms with Crippen molar-refractivity contribution in [2.45, 2.75) is 33.3 Å². The van der Waals surface area contributed by atoms with Crippen molar-refractivity contribution in [2.75, 3.05) is 16.8 Å². The van der Waals surface area contributed by atoms with Gasteiger partial charge in [0.05, 0.1) is 0 Å². The van der Waals surface area contributed by atoms with Crippen LogP contribution in [0.4, 0.5) is 5.69 Å². The largest absolute Gasteiger partial charge is 0.489 e. The fourth-order valence-corrected chi connectivity index (χ4v) is 3.25. The van der Waals surface area contributed by atoms with E-state index in [-0.39, 0.29) is 5.91 Å². The van der Waals surface area contributed by atoms with Crippen LogP contribution in [0.25, 0.3) is 0 Å². The summed E-state index contributed by atoms with van der Waals surface area (Å²) >= 11 is 1.90. The van der Waals surface area contributed by atoms with Crippen LogP contribution < -0.4 is 10.1 Å². The molecule has 0 bridgehead atoms. The van der Waals surface area contributed by atoms with Crippen LogP contribution >= 0.6 is 11.8 Å². The molecule has 132 valence electrons. The molecule has 25 heavy (non-hydrogen) atoms. The molecule has 1 amide bonds. The van der Waals surface area contributed by atoms with Crippen molar-refractivity contribution >= 4 is 23.4 Å². The van der Waals surface area contributed by atoms with E-state index in [1.165, 1.54) is 11.1 Å². The Morgan fingerprint density at radius 1 is 1.12 bits per heavy atom. The Balaban J connectivity index is 1.58. The average molecular weight is 356 g/mol. The molecule has 1 aliphatic heterocycles. The first kappa shape index (κ1) is 17.9. The van der Waals surface area contributed by atoms with Gasteiger partial charge in [0.15, 0.2) is 0 Å². The quantitative estimate of drug-likeness (QED) is 0.816. The van der Waals surface area contributed by atoms with E-state index < -0.39 is 5.41 Å². The lowest BCUT2D eigenvalue weighted by atomic mass is 9.84. The smallest absolute Gasteiger partial charge is 0.230 e. The SMILES string of the molecule is Cc1ccc(CC(C)(C)C(=O)Nc2ccc(OC3CSC3)cc2)cc1. The second-order valence-corrected chi connectivity index (χ2v) is 8.38. The third-order valence-corrected chi connectivity index (χ3v) is 5.62. The number of ether oxygens (including phenoxy) is 1. The average Bonchev–Trinajstić information content (AvgIpc) is 2.54. The third-order valence-electron chi connectivity index (χ3n) is 4.40. The minimum absolute atomic E-state index is 0.0251. The summed E-state index contributed by atoms with van der Waals surface area (Å²) in [6, 6.07) is 16.0. The molecule has 4 heteroatoms. The number of hydrogen-bond donors (Lipinski definition) is 1. The van der Waals surface area contributed by atoms with Crippen molar-refractivity contribution in [3.8, 4) is 5.75 Å². The van der Waals surface area contributed by atoms with E-state index in [9.17, 15) is 4.79 Å². The first-order chi connectivity index (χ1) is 11.9. The maximum Gasteiger partial charge on any atom is 0.230 e. The normalized spacial score (nSPS) is 14.7. The highest BCUT2D eigenvalue weighted by molar-refractivity contribution is 8.00. The third kappa shape index (κ3) is 4.79. The summed E-state index contributed by atoms with van der Waals surface area (Å²) in [5.74, 6) is 3.01. The minimum atomic E-state index is -0.479. The fraction of sp³-hybridized carbons (Fsp3) is 0.381. The van der Waals surface area contributed by atoms with Gasteiger partial charge in [-0.15, -0.1) is 0 Å². The Morgan fingerprint density at radius 2 is 1.76 bits per heavy atom. The molecule has 0 radical (unpaired) electrons. The zero-order valence-electron chi connectivity index (χ0n) is 15.0. The van der Waals surface area contributed by atoms with Crippen molar-refractivity contribution in [1.82, 2.24) is 0 Å². The molecule has 1 saturated heterocycles. The van der Waals surface area contributed by atoms with Gasteiger partial charge in [-0.1, -0.05) is 43.7 Å². The van der Waals surface area contributed by atoms with Gasteiger partial charge >= 0.3 is 0 Å². The first-order valence-corrected chi connectivity index (χ1v) is 9.79. The molecule has 0 aromatic heterocycles. The highest BCUT2D eigenvalue weighted by Crippen LogP contribution is 2.27. The van der Waals surface area contributed by atoms with Gasteiger partial charge in [0.25, 0.3) is 0 Å². The Morgan fingerprint density at radius 3 is 2.32 bits per heavy atom. The lowest BCUT2D eigenvalue weighted by Crippen LogP contribution is -2.32. The molecule has 0 aliphatic carbocycles. The van der Waals surface area contributed by atoms with Gasteiger partial charge < -0.3 is 10.1 Å². The van der Waals surface area contributed by atoms with Gasteiger partial charge in [0, 0.05) is 22.6 Å². The highest BCUT2D eigenvalue weighted by Gasteiger charge is 2.28. The van der Waals surface area contributed by atoms with Crippen LogP contribution in [-0.2, 0) is 11.2 Å². The fourth-order valence-electron chi connectivity index (χ4n) is 2.69. The molecule has 3 nitrogen and oxygen atoms in total. The number of thioether (sulfide) groups is 1. The Kier molecular flexibility index (Phi) is 5.38. The second-order valence-electron chi connectivity index (χ2n) is 7.30. The summed E-state index contributed by atoms with van der Waals surface area (Å²) in [6.45, 7) is 6.03. The molecule has 0 spiro atoms. The van der Waals surface area contributed by atoms with Crippen LogP contribution in [0.3, 0.4) is 0 Å². The highest BCUT2D eigenvalue weighted by atomic mass is 32.2. The van der Waals surface area contributed by atoms with Gasteiger partial charge in [-0.25, -0.2) is 0 Å². The first-order valence-electron chi connectivity index (χ1n) is 8.64. The zero-order valence-corrected chi connectivity index (χ0v) is 15.9. The van der Waals surface area contributed by atoms with Gasteiger partial charge in [-0.05, 0) is 43.2 Å². The summed E-state index contributed by atoms with van der Waals surface area (Å²) in [6.07, 6.45) is 1.04. The Labute approximate surface area is 154 Å². The van der Waals surface area contributed by atoms with Crippen LogP contribution in [0.15, 0.2) is 48.5 Å². The molecule has 0 unspecified atom stereocenters. The van der Waals surface area contributed by atoms with Crippen LogP contribution in [-0.4, -0.2) is 23.5 Å². The summed E-state index contributed by atoms with van der Waals surface area (Å²) in [5, 5.41) is 3.02. The number of benzene rings is 2. The lowest BCUT2D eigenvalue weighted by Gasteiger charge is -2.26. The van der Waals surface area contributed by atoms with Gasteiger partial charge in [0.2, 0.25) is 5.91 Å². The van der Waals surface area contributed by atoms with Gasteiger partial charge in [0.1, 0.15) is 11.9 Å². The maximum absolute atomic E-state index is 12.7. The van der Waals surface area contributed by atoms with E-state index >= 15 is 0 Å². The van der Waals surface area contributed by atoms with Crippen molar-refractivity contribution in [3.63, 3.8) is 0 Å². The molecule has 2 aromatic carbocycles. The zero-order chi connectivity index (χ0) is 17.9. The number of aryl methyl sites for hydroxylation is 1. The van der Waals surface area contributed by atoms with Crippen molar-refractivity contribution in [2.24, 2.45) is 5.41 Å². The van der Waals surface area contributed by atoms with E-state index in [0.29, 0.717) is 12.5 Å². The molecule has 1 aliphatic rings. The summed E-state index contributed by atoms with van der Waals surface area (Å²) in [5.41, 5.74) is 2.73. The minimum Gasteiger partial charge on any atom is -0.489 e. The molecule has 1 N–H and O–H groups in total. The van der Waals surface area contributed by atoms with E-state index in [1.54, 1.807) is 0 Å². The number of nitrogens with one attached hydrogen (secondary N) is 1. The van der Waals surface area contributed by atoms with E-state index in [2.05, 4.69) is 36.5 Å². The molecular weight excluding hydrogens is 330 g/mol. The van der Waals surface area contributed by atoms with Crippen LogP contribution in [0.2, 0.25) is 0 Å². The van der Waals surface area contributed by atoms with Crippen LogP contribution in [0.1, 0.15) is 25.0 Å². The molecule has 0 saturated carbocycles. The number of rotatable bonds is 6. The molecule has 1 heterocycles. The van der Waals surface area contributed by atoms with E-state index in [0.717, 1.165) is 22.9 Å². The maximum atomic E-state index is 12.7. The number of hydrogen-bond acceptors (Lipinski definition) is 3. The standard InChI is InChI=1S/C21H25NO2S/c1-15-4-6-16(7-5-15)12-21(2,3)20(23)22-17-8-10-18(11-9-17)24-19-13-25-14-19/h4-11,19H,12-14H2,1-3H3,(H,22,23). The number of carbonyl (C=O) groups is 1. The van der Waals surface area contributed by atoms with Crippen molar-refractivity contribution < 1.29 is 9.53 Å². The number of anilines is 1. The predicted octanol–water partition coefficient (Wildman–Crippen LogP) is 4.70. The molecule has 0 atom stereocenters. The predicted molar refractivity (Wildman–Crippen MR) is 105 cm³/mol. The molecule has 2 aromatic rings. The molecular formula is C21H25NO2S. The van der Waals surface area contributed by atoms with Crippen molar-refractivity contribution in [3.05, 3.63) is 59.7 Å². The summed E-state index contributed by atoms with van der Waals surface area (Å²) in [7, 11) is 0. The summed E-state index contributed by atoms with van der Waals surface area (Å²) in [4.78, 5) is 12.7. The van der Waals surface area contributed by atoms with Gasteiger partial charge in [-0.2, -0.15) is 11.8 Å². The van der Waals surface area contributed by atoms with Crippen LogP contribution in [0.5, 0.6) is 5.75 Å². The molecule has 1 fully saturated rings. The number of amides is 1. The number of carbonyl (C=O) groups excluding carboxylic acids is 1. The lowest BCUT2D eigenvalue weighted by molar-refractivity contribution is -0.123.